The maximum Gasteiger partial charge on any atom is 0.320 e. The third kappa shape index (κ3) is 3.06. The Hall–Kier alpha value is -0.840. The van der Waals surface area contributed by atoms with Crippen molar-refractivity contribution >= 4 is 6.03 Å². The third-order valence-electron chi connectivity index (χ3n) is 2.62. The average Bonchev–Trinajstić information content (AvgIpc) is 2.30. The average molecular weight is 218 g/mol. The first-order valence-electron chi connectivity index (χ1n) is 5.44. The van der Waals surface area contributed by atoms with Gasteiger partial charge >= 0.3 is 6.03 Å². The van der Waals surface area contributed by atoms with Gasteiger partial charge in [0, 0.05) is 19.6 Å². The van der Waals surface area contributed by atoms with E-state index < -0.39 is 12.8 Å². The van der Waals surface area contributed by atoms with Gasteiger partial charge in [-0.2, -0.15) is 0 Å². The molecule has 1 fully saturated rings. The Kier molecular flexibility index (Phi) is 4.81. The van der Waals surface area contributed by atoms with Crippen LogP contribution in [0.3, 0.4) is 0 Å². The number of hydrogen-bond acceptors (Lipinski definition) is 2. The molecule has 0 unspecified atom stereocenters. The molecule has 88 valence electrons. The van der Waals surface area contributed by atoms with Crippen molar-refractivity contribution < 1.29 is 13.9 Å². The topological polar surface area (TPSA) is 32.8 Å². The van der Waals surface area contributed by atoms with Crippen LogP contribution in [0.1, 0.15) is 13.8 Å². The first-order valence-corrected chi connectivity index (χ1v) is 5.44. The molecule has 2 amide bonds. The summed E-state index contributed by atoms with van der Waals surface area (Å²) in [5.74, 6) is 0. The number of halogens is 1. The number of rotatable bonds is 3. The minimum atomic E-state index is -0.526. The monoisotopic (exact) mass is 218 g/mol. The van der Waals surface area contributed by atoms with E-state index in [9.17, 15) is 9.18 Å². The minimum absolute atomic E-state index is 0.0123. The highest BCUT2D eigenvalue weighted by atomic mass is 19.1. The molecule has 0 N–H and O–H groups in total. The van der Waals surface area contributed by atoms with Crippen molar-refractivity contribution in [3.05, 3.63) is 0 Å². The maximum absolute atomic E-state index is 12.4. The molecule has 1 heterocycles. The van der Waals surface area contributed by atoms with Crippen molar-refractivity contribution in [3.8, 4) is 0 Å². The molecule has 4 nitrogen and oxygen atoms in total. The van der Waals surface area contributed by atoms with Gasteiger partial charge in [-0.05, 0) is 13.8 Å². The Morgan fingerprint density at radius 1 is 1.53 bits per heavy atom. The van der Waals surface area contributed by atoms with Gasteiger partial charge in [-0.25, -0.2) is 9.18 Å². The molecule has 0 spiro atoms. The highest BCUT2D eigenvalue weighted by Gasteiger charge is 2.26. The van der Waals surface area contributed by atoms with Crippen LogP contribution in [0.5, 0.6) is 0 Å². The molecule has 0 saturated carbocycles. The van der Waals surface area contributed by atoms with E-state index in [2.05, 4.69) is 0 Å². The summed E-state index contributed by atoms with van der Waals surface area (Å²) < 4.78 is 17.6. The van der Waals surface area contributed by atoms with Gasteiger partial charge in [0.1, 0.15) is 12.8 Å². The molecule has 0 aromatic heterocycles. The van der Waals surface area contributed by atoms with Crippen LogP contribution < -0.4 is 0 Å². The van der Waals surface area contributed by atoms with E-state index in [-0.39, 0.29) is 6.03 Å². The van der Waals surface area contributed by atoms with Crippen LogP contribution in [-0.2, 0) is 4.74 Å². The Bertz CT molecular complexity index is 210. The number of urea groups is 1. The molecule has 1 saturated heterocycles. The zero-order chi connectivity index (χ0) is 11.3. The second-order valence-electron chi connectivity index (χ2n) is 3.55. The highest BCUT2D eigenvalue weighted by molar-refractivity contribution is 5.74. The van der Waals surface area contributed by atoms with E-state index in [1.54, 1.807) is 9.80 Å². The Morgan fingerprint density at radius 2 is 2.20 bits per heavy atom. The second-order valence-corrected chi connectivity index (χ2v) is 3.55. The van der Waals surface area contributed by atoms with Crippen LogP contribution in [-0.4, -0.2) is 61.4 Å². The summed E-state index contributed by atoms with van der Waals surface area (Å²) in [4.78, 5) is 15.3. The molecule has 5 heteroatoms. The Balaban J connectivity index is 2.51. The van der Waals surface area contributed by atoms with E-state index in [0.717, 1.165) is 0 Å². The van der Waals surface area contributed by atoms with Crippen molar-refractivity contribution in [2.75, 3.05) is 39.5 Å². The zero-order valence-corrected chi connectivity index (χ0v) is 9.41. The fourth-order valence-corrected chi connectivity index (χ4v) is 1.68. The number of amides is 2. The minimum Gasteiger partial charge on any atom is -0.372 e. The fourth-order valence-electron chi connectivity index (χ4n) is 1.68. The molecule has 0 aromatic rings. The Labute approximate surface area is 90.0 Å². The van der Waals surface area contributed by atoms with Crippen molar-refractivity contribution in [2.45, 2.75) is 20.0 Å². The number of carbonyl (C=O) groups is 1. The van der Waals surface area contributed by atoms with E-state index >= 15 is 0 Å². The van der Waals surface area contributed by atoms with Crippen LogP contribution in [0.4, 0.5) is 9.18 Å². The normalized spacial score (nSPS) is 21.5. The van der Waals surface area contributed by atoms with Crippen LogP contribution in [0.2, 0.25) is 0 Å². The summed E-state index contributed by atoms with van der Waals surface area (Å²) in [6.07, 6.45) is -0.446. The quantitative estimate of drug-likeness (QED) is 0.711. The van der Waals surface area contributed by atoms with Crippen molar-refractivity contribution in [1.82, 2.24) is 9.80 Å². The zero-order valence-electron chi connectivity index (χ0n) is 9.41. The van der Waals surface area contributed by atoms with Gasteiger partial charge in [-0.1, -0.05) is 0 Å². The molecule has 15 heavy (non-hydrogen) atoms. The van der Waals surface area contributed by atoms with E-state index in [1.807, 2.05) is 13.8 Å². The smallest absolute Gasteiger partial charge is 0.320 e. The molecule has 0 aliphatic carbocycles. The maximum atomic E-state index is 12.4. The van der Waals surface area contributed by atoms with E-state index in [1.165, 1.54) is 0 Å². The van der Waals surface area contributed by atoms with Gasteiger partial charge < -0.3 is 14.5 Å². The lowest BCUT2D eigenvalue weighted by Crippen LogP contribution is -2.51. The molecule has 1 rings (SSSR count). The molecule has 1 atom stereocenters. The van der Waals surface area contributed by atoms with E-state index in [0.29, 0.717) is 32.8 Å². The van der Waals surface area contributed by atoms with Crippen molar-refractivity contribution in [1.29, 1.82) is 0 Å². The van der Waals surface area contributed by atoms with Gasteiger partial charge in [-0.3, -0.25) is 0 Å². The second kappa shape index (κ2) is 5.90. The van der Waals surface area contributed by atoms with Gasteiger partial charge in [0.2, 0.25) is 0 Å². The Morgan fingerprint density at radius 3 is 2.73 bits per heavy atom. The highest BCUT2D eigenvalue weighted by Crippen LogP contribution is 2.08. The number of nitrogens with zero attached hydrogens (tertiary/aromatic N) is 2. The number of hydrogen-bond donors (Lipinski definition) is 0. The van der Waals surface area contributed by atoms with Gasteiger partial charge in [-0.15, -0.1) is 0 Å². The van der Waals surface area contributed by atoms with Crippen LogP contribution in [0.25, 0.3) is 0 Å². The molecule has 0 aromatic carbocycles. The lowest BCUT2D eigenvalue weighted by Gasteiger charge is -2.35. The first-order chi connectivity index (χ1) is 7.22. The number of ether oxygens (including phenoxy) is 1. The van der Waals surface area contributed by atoms with Gasteiger partial charge in [0.05, 0.1) is 13.2 Å². The standard InChI is InChI=1S/C10H19FN2O2/c1-3-12(4-2)10(14)13-5-6-15-9(7-11)8-13/h9H,3-8H2,1-2H3/t9-/m0/s1. The largest absolute Gasteiger partial charge is 0.372 e. The predicted octanol–water partition coefficient (Wildman–Crippen LogP) is 1.12. The van der Waals surface area contributed by atoms with Crippen LogP contribution >= 0.6 is 0 Å². The summed E-state index contributed by atoms with van der Waals surface area (Å²) in [5, 5.41) is 0. The predicted molar refractivity (Wildman–Crippen MR) is 55.6 cm³/mol. The van der Waals surface area contributed by atoms with Gasteiger partial charge in [0.15, 0.2) is 0 Å². The van der Waals surface area contributed by atoms with Crippen LogP contribution in [0.15, 0.2) is 0 Å². The van der Waals surface area contributed by atoms with Gasteiger partial charge in [0.25, 0.3) is 0 Å². The summed E-state index contributed by atoms with van der Waals surface area (Å²) >= 11 is 0. The molecular weight excluding hydrogens is 199 g/mol. The summed E-state index contributed by atoms with van der Waals surface area (Å²) in [6, 6.07) is -0.0123. The molecule has 0 bridgehead atoms. The molecule has 1 aliphatic rings. The number of morpholine rings is 1. The molecule has 0 radical (unpaired) electrons. The molecule has 1 aliphatic heterocycles. The van der Waals surface area contributed by atoms with Crippen molar-refractivity contribution in [2.24, 2.45) is 0 Å². The van der Waals surface area contributed by atoms with E-state index in [4.69, 9.17) is 4.74 Å². The lowest BCUT2D eigenvalue weighted by atomic mass is 10.3. The summed E-state index contributed by atoms with van der Waals surface area (Å²) in [5.41, 5.74) is 0. The lowest BCUT2D eigenvalue weighted by molar-refractivity contribution is -0.0291. The first kappa shape index (κ1) is 12.2. The SMILES string of the molecule is CCN(CC)C(=O)N1CCO[C@@H](CF)C1. The summed E-state index contributed by atoms with van der Waals surface area (Å²) in [6.45, 7) is 6.09. The van der Waals surface area contributed by atoms with Crippen molar-refractivity contribution in [3.63, 3.8) is 0 Å². The third-order valence-corrected chi connectivity index (χ3v) is 2.62. The molecular formula is C10H19FN2O2. The summed E-state index contributed by atoms with van der Waals surface area (Å²) in [7, 11) is 0. The van der Waals surface area contributed by atoms with Crippen LogP contribution in [0, 0.1) is 0 Å². The fraction of sp³-hybridized carbons (Fsp3) is 0.900. The number of alkyl halides is 1. The number of carbonyl (C=O) groups excluding carboxylic acids is 1.